The summed E-state index contributed by atoms with van der Waals surface area (Å²) in [5.74, 6) is -3.52. The van der Waals surface area contributed by atoms with Crippen molar-refractivity contribution < 1.29 is 29.1 Å². The Morgan fingerprint density at radius 3 is 2.27 bits per heavy atom. The first-order valence-corrected chi connectivity index (χ1v) is 11.5. The molecule has 1 saturated heterocycles. The van der Waals surface area contributed by atoms with Crippen molar-refractivity contribution in [2.24, 2.45) is 5.73 Å². The number of carbonyl (C=O) groups excluding carboxylic acids is 4. The molecule has 0 spiro atoms. The molecule has 7 N–H and O–H groups in total. The third-order valence-electron chi connectivity index (χ3n) is 4.46. The average molecular weight is 464 g/mol. The predicted molar refractivity (Wildman–Crippen MR) is 115 cm³/mol. The van der Waals surface area contributed by atoms with Gasteiger partial charge in [0.25, 0.3) is 0 Å². The minimum Gasteiger partial charge on any atom is -0.480 e. The summed E-state index contributed by atoms with van der Waals surface area (Å²) >= 11 is 5.54. The first-order chi connectivity index (χ1) is 14.2. The van der Waals surface area contributed by atoms with Gasteiger partial charge in [-0.3, -0.25) is 19.2 Å². The van der Waals surface area contributed by atoms with Crippen molar-refractivity contribution in [1.82, 2.24) is 21.3 Å². The van der Waals surface area contributed by atoms with E-state index in [0.717, 1.165) is 13.0 Å². The fourth-order valence-corrected chi connectivity index (χ4v) is 3.55. The number of thioether (sulfide) groups is 1. The highest BCUT2D eigenvalue weighted by Crippen LogP contribution is 2.07. The molecule has 1 fully saturated rings. The van der Waals surface area contributed by atoms with Crippen LogP contribution >= 0.6 is 24.4 Å². The molecule has 0 saturated carbocycles. The van der Waals surface area contributed by atoms with Crippen molar-refractivity contribution in [2.45, 2.75) is 49.9 Å². The normalized spacial score (nSPS) is 18.7. The molecule has 0 aromatic rings. The summed E-state index contributed by atoms with van der Waals surface area (Å²) in [6.07, 6.45) is 3.18. The Hall–Kier alpha value is -1.99. The quantitative estimate of drug-likeness (QED) is 0.151. The molecule has 170 valence electrons. The third-order valence-corrected chi connectivity index (χ3v) is 5.46. The molecule has 13 heteroatoms. The second-order valence-corrected chi connectivity index (χ2v) is 8.16. The first kappa shape index (κ1) is 26.0. The molecule has 0 aliphatic carbocycles. The second-order valence-electron chi connectivity index (χ2n) is 6.81. The van der Waals surface area contributed by atoms with Crippen molar-refractivity contribution in [3.63, 3.8) is 0 Å². The highest BCUT2D eigenvalue weighted by Gasteiger charge is 2.31. The van der Waals surface area contributed by atoms with Gasteiger partial charge in [0.1, 0.15) is 18.1 Å². The van der Waals surface area contributed by atoms with Gasteiger partial charge in [-0.1, -0.05) is 0 Å². The van der Waals surface area contributed by atoms with E-state index in [9.17, 15) is 24.0 Å². The molecule has 0 radical (unpaired) electrons. The summed E-state index contributed by atoms with van der Waals surface area (Å²) in [7, 11) is 0. The standard InChI is InChI=1S/C17H29N5O6S2/c1-30-6-4-10(20-14(24)9-3-2-5-19-9)15(25)22-12(8-29)16(26)21-11(17(27)28)7-13(18)23/h9-12,19,29H,2-8H2,1H3,(H2,18,23)(H,20,24)(H,21,26)(H,22,25)(H,27,28). The molecule has 1 aliphatic rings. The Labute approximate surface area is 184 Å². The smallest absolute Gasteiger partial charge is 0.326 e. The van der Waals surface area contributed by atoms with E-state index in [4.69, 9.17) is 10.8 Å². The maximum absolute atomic E-state index is 12.7. The van der Waals surface area contributed by atoms with Gasteiger partial charge in [-0.2, -0.15) is 24.4 Å². The van der Waals surface area contributed by atoms with Gasteiger partial charge >= 0.3 is 5.97 Å². The van der Waals surface area contributed by atoms with Gasteiger partial charge in [-0.25, -0.2) is 4.79 Å². The van der Waals surface area contributed by atoms with Crippen LogP contribution in [0.25, 0.3) is 0 Å². The molecular formula is C17H29N5O6S2. The lowest BCUT2D eigenvalue weighted by Gasteiger charge is -2.24. The van der Waals surface area contributed by atoms with E-state index in [2.05, 4.69) is 33.9 Å². The van der Waals surface area contributed by atoms with E-state index < -0.39 is 48.2 Å². The van der Waals surface area contributed by atoms with Crippen LogP contribution in [0.1, 0.15) is 25.7 Å². The number of thiol groups is 1. The summed E-state index contributed by atoms with van der Waals surface area (Å²) in [5, 5.41) is 19.5. The zero-order chi connectivity index (χ0) is 22.7. The molecule has 4 amide bonds. The van der Waals surface area contributed by atoms with Crippen molar-refractivity contribution in [3.8, 4) is 0 Å². The van der Waals surface area contributed by atoms with Crippen molar-refractivity contribution in [2.75, 3.05) is 24.3 Å². The Kier molecular flexibility index (Phi) is 11.6. The number of carboxylic acid groups (broad SMARTS) is 1. The maximum atomic E-state index is 12.7. The van der Waals surface area contributed by atoms with Gasteiger partial charge in [-0.15, -0.1) is 0 Å². The van der Waals surface area contributed by atoms with Gasteiger partial charge in [0.2, 0.25) is 23.6 Å². The summed E-state index contributed by atoms with van der Waals surface area (Å²) in [4.78, 5) is 59.6. The number of nitrogens with two attached hydrogens (primary N) is 1. The number of rotatable bonds is 13. The van der Waals surface area contributed by atoms with Gasteiger partial charge < -0.3 is 32.1 Å². The molecule has 1 rings (SSSR count). The van der Waals surface area contributed by atoms with Crippen LogP contribution in [0.4, 0.5) is 0 Å². The zero-order valence-electron chi connectivity index (χ0n) is 16.7. The summed E-state index contributed by atoms with van der Waals surface area (Å²) in [6, 6.07) is -3.89. The zero-order valence-corrected chi connectivity index (χ0v) is 18.4. The Bertz CT molecular complexity index is 644. The minimum atomic E-state index is -1.52. The van der Waals surface area contributed by atoms with Crippen LogP contribution in [0.3, 0.4) is 0 Å². The molecule has 4 atom stereocenters. The molecule has 1 heterocycles. The summed E-state index contributed by atoms with van der Waals surface area (Å²) in [6.45, 7) is 0.734. The lowest BCUT2D eigenvalue weighted by molar-refractivity contribution is -0.143. The fraction of sp³-hybridized carbons (Fsp3) is 0.706. The largest absolute Gasteiger partial charge is 0.480 e. The highest BCUT2D eigenvalue weighted by atomic mass is 32.2. The van der Waals surface area contributed by atoms with Gasteiger partial charge in [0.15, 0.2) is 0 Å². The number of amides is 4. The van der Waals surface area contributed by atoms with E-state index in [0.29, 0.717) is 18.6 Å². The van der Waals surface area contributed by atoms with E-state index in [1.165, 1.54) is 11.8 Å². The van der Waals surface area contributed by atoms with Crippen molar-refractivity contribution in [1.29, 1.82) is 0 Å². The van der Waals surface area contributed by atoms with Crippen LogP contribution in [0.15, 0.2) is 0 Å². The van der Waals surface area contributed by atoms with Crippen LogP contribution in [-0.2, 0) is 24.0 Å². The number of hydrogen-bond acceptors (Lipinski definition) is 8. The predicted octanol–water partition coefficient (Wildman–Crippen LogP) is -2.16. The molecule has 0 aromatic carbocycles. The molecule has 0 bridgehead atoms. The second kappa shape index (κ2) is 13.3. The van der Waals surface area contributed by atoms with E-state index in [-0.39, 0.29) is 17.7 Å². The lowest BCUT2D eigenvalue weighted by Crippen LogP contribution is -2.58. The van der Waals surface area contributed by atoms with Gasteiger partial charge in [0, 0.05) is 5.75 Å². The molecule has 1 aliphatic heterocycles. The highest BCUT2D eigenvalue weighted by molar-refractivity contribution is 7.98. The van der Waals surface area contributed by atoms with Crippen molar-refractivity contribution >= 4 is 54.0 Å². The molecular weight excluding hydrogens is 434 g/mol. The van der Waals surface area contributed by atoms with E-state index in [1.807, 2.05) is 6.26 Å². The number of carbonyl (C=O) groups is 5. The van der Waals surface area contributed by atoms with Crippen LogP contribution in [-0.4, -0.2) is 83.2 Å². The topological polar surface area (TPSA) is 180 Å². The monoisotopic (exact) mass is 463 g/mol. The summed E-state index contributed by atoms with van der Waals surface area (Å²) < 4.78 is 0. The SMILES string of the molecule is CSCCC(NC(=O)C1CCCN1)C(=O)NC(CS)C(=O)NC(CC(N)=O)C(=O)O. The number of nitrogens with one attached hydrogen (secondary N) is 4. The van der Waals surface area contributed by atoms with Crippen LogP contribution in [0.5, 0.6) is 0 Å². The summed E-state index contributed by atoms with van der Waals surface area (Å²) in [5.41, 5.74) is 4.99. The minimum absolute atomic E-state index is 0.117. The Balaban J connectivity index is 2.76. The van der Waals surface area contributed by atoms with Gasteiger partial charge in [0.05, 0.1) is 12.5 Å². The molecule has 30 heavy (non-hydrogen) atoms. The van der Waals surface area contributed by atoms with E-state index >= 15 is 0 Å². The number of aliphatic carboxylic acids is 1. The van der Waals surface area contributed by atoms with Gasteiger partial charge in [-0.05, 0) is 37.8 Å². The first-order valence-electron chi connectivity index (χ1n) is 9.45. The number of carboxylic acids is 1. The molecule has 0 aromatic heterocycles. The Morgan fingerprint density at radius 2 is 1.77 bits per heavy atom. The van der Waals surface area contributed by atoms with Crippen LogP contribution in [0, 0.1) is 0 Å². The van der Waals surface area contributed by atoms with E-state index in [1.54, 1.807) is 0 Å². The van der Waals surface area contributed by atoms with Crippen LogP contribution < -0.4 is 27.0 Å². The van der Waals surface area contributed by atoms with Crippen LogP contribution in [0.2, 0.25) is 0 Å². The maximum Gasteiger partial charge on any atom is 0.326 e. The Morgan fingerprint density at radius 1 is 1.13 bits per heavy atom. The average Bonchev–Trinajstić information content (AvgIpc) is 3.22. The third kappa shape index (κ3) is 8.79. The van der Waals surface area contributed by atoms with Crippen molar-refractivity contribution in [3.05, 3.63) is 0 Å². The lowest BCUT2D eigenvalue weighted by atomic mass is 10.1. The molecule has 11 nitrogen and oxygen atoms in total. The molecule has 4 unspecified atom stereocenters. The number of primary amides is 1. The number of hydrogen-bond donors (Lipinski definition) is 7. The fourth-order valence-electron chi connectivity index (χ4n) is 2.83.